The van der Waals surface area contributed by atoms with E-state index in [1.165, 1.54) is 5.56 Å². The Morgan fingerprint density at radius 2 is 2.07 bits per heavy atom. The summed E-state index contributed by atoms with van der Waals surface area (Å²) in [6.07, 6.45) is 4.56. The van der Waals surface area contributed by atoms with Gasteiger partial charge in [0.05, 0.1) is 11.8 Å². The molecule has 2 rings (SSSR count). The first-order valence-electron chi connectivity index (χ1n) is 4.83. The largest absolute Gasteiger partial charge is 0.343 e. The molecule has 0 unspecified atom stereocenters. The van der Waals surface area contributed by atoms with Gasteiger partial charge in [-0.05, 0) is 23.5 Å². The van der Waals surface area contributed by atoms with Crippen molar-refractivity contribution in [3.8, 4) is 0 Å². The molecule has 0 saturated heterocycles. The summed E-state index contributed by atoms with van der Waals surface area (Å²) in [7, 11) is 0. The Labute approximate surface area is 83.6 Å². The monoisotopic (exact) mass is 189 g/mol. The van der Waals surface area contributed by atoms with Crippen LogP contribution in [0.4, 0.5) is 0 Å². The molecule has 0 fully saturated rings. The molecular weight excluding hydrogens is 174 g/mol. The molecule has 2 heterocycles. The molecule has 0 spiro atoms. The molecule has 0 radical (unpaired) electrons. The second kappa shape index (κ2) is 3.08. The zero-order valence-corrected chi connectivity index (χ0v) is 8.83. The number of H-pyrrole nitrogens is 1. The van der Waals surface area contributed by atoms with Crippen molar-refractivity contribution < 1.29 is 0 Å². The molecule has 0 saturated carbocycles. The maximum absolute atomic E-state index is 4.19. The van der Waals surface area contributed by atoms with E-state index in [9.17, 15) is 0 Å². The topological polar surface area (TPSA) is 41.6 Å². The van der Waals surface area contributed by atoms with Crippen LogP contribution in [0.1, 0.15) is 26.3 Å². The van der Waals surface area contributed by atoms with Crippen LogP contribution in [-0.4, -0.2) is 15.0 Å². The summed E-state index contributed by atoms with van der Waals surface area (Å²) in [5.74, 6) is 0. The average molecular weight is 189 g/mol. The third-order valence-corrected chi connectivity index (χ3v) is 2.13. The molecule has 2 aromatic rings. The summed E-state index contributed by atoms with van der Waals surface area (Å²) in [5.41, 5.74) is 3.47. The molecule has 0 bridgehead atoms. The van der Waals surface area contributed by atoms with E-state index < -0.39 is 0 Å². The Hall–Kier alpha value is -1.38. The maximum atomic E-state index is 4.19. The van der Waals surface area contributed by atoms with E-state index in [0.717, 1.165) is 17.6 Å². The SMILES string of the molecule is CC(C)(C)Cc1ccnc2nc[nH]c12. The van der Waals surface area contributed by atoms with Gasteiger partial charge in [0, 0.05) is 6.20 Å². The Kier molecular flexibility index (Phi) is 2.02. The number of aromatic nitrogens is 3. The van der Waals surface area contributed by atoms with Crippen molar-refractivity contribution in [1.82, 2.24) is 15.0 Å². The fraction of sp³-hybridized carbons (Fsp3) is 0.455. The van der Waals surface area contributed by atoms with Gasteiger partial charge in [-0.15, -0.1) is 0 Å². The average Bonchev–Trinajstić information content (AvgIpc) is 2.49. The molecule has 3 heteroatoms. The van der Waals surface area contributed by atoms with E-state index in [1.54, 1.807) is 6.33 Å². The number of hydrogen-bond donors (Lipinski definition) is 1. The lowest BCUT2D eigenvalue weighted by molar-refractivity contribution is 0.412. The van der Waals surface area contributed by atoms with Crippen molar-refractivity contribution in [2.45, 2.75) is 27.2 Å². The predicted octanol–water partition coefficient (Wildman–Crippen LogP) is 2.55. The maximum Gasteiger partial charge on any atom is 0.177 e. The highest BCUT2D eigenvalue weighted by atomic mass is 14.9. The molecule has 2 aromatic heterocycles. The van der Waals surface area contributed by atoms with E-state index in [4.69, 9.17) is 0 Å². The summed E-state index contributed by atoms with van der Waals surface area (Å²) in [5, 5.41) is 0. The molecular formula is C11H15N3. The van der Waals surface area contributed by atoms with Crippen LogP contribution in [0, 0.1) is 5.41 Å². The van der Waals surface area contributed by atoms with E-state index in [0.29, 0.717) is 5.41 Å². The number of imidazole rings is 1. The molecule has 0 aromatic carbocycles. The quantitative estimate of drug-likeness (QED) is 0.749. The Balaban J connectivity index is 2.46. The van der Waals surface area contributed by atoms with Crippen molar-refractivity contribution in [1.29, 1.82) is 0 Å². The summed E-state index contributed by atoms with van der Waals surface area (Å²) in [6, 6.07) is 2.06. The van der Waals surface area contributed by atoms with Gasteiger partial charge in [0.15, 0.2) is 5.65 Å². The summed E-state index contributed by atoms with van der Waals surface area (Å²) in [6.45, 7) is 6.70. The Bertz CT molecular complexity index is 437. The van der Waals surface area contributed by atoms with Crippen LogP contribution >= 0.6 is 0 Å². The summed E-state index contributed by atoms with van der Waals surface area (Å²) >= 11 is 0. The number of hydrogen-bond acceptors (Lipinski definition) is 2. The molecule has 0 aliphatic carbocycles. The van der Waals surface area contributed by atoms with E-state index >= 15 is 0 Å². The van der Waals surface area contributed by atoms with E-state index in [2.05, 4.69) is 41.8 Å². The van der Waals surface area contributed by atoms with Crippen LogP contribution < -0.4 is 0 Å². The smallest absolute Gasteiger partial charge is 0.177 e. The van der Waals surface area contributed by atoms with Gasteiger partial charge in [0.25, 0.3) is 0 Å². The number of rotatable bonds is 1. The molecule has 14 heavy (non-hydrogen) atoms. The molecule has 3 nitrogen and oxygen atoms in total. The van der Waals surface area contributed by atoms with Gasteiger partial charge in [-0.1, -0.05) is 20.8 Å². The zero-order chi connectivity index (χ0) is 10.2. The van der Waals surface area contributed by atoms with Crippen LogP contribution in [-0.2, 0) is 6.42 Å². The van der Waals surface area contributed by atoms with Gasteiger partial charge in [0.1, 0.15) is 0 Å². The minimum absolute atomic E-state index is 0.291. The van der Waals surface area contributed by atoms with E-state index in [1.807, 2.05) is 6.20 Å². The Morgan fingerprint density at radius 1 is 1.29 bits per heavy atom. The Morgan fingerprint density at radius 3 is 2.79 bits per heavy atom. The third kappa shape index (κ3) is 1.76. The predicted molar refractivity (Wildman–Crippen MR) is 57.0 cm³/mol. The number of pyridine rings is 1. The molecule has 0 aliphatic heterocycles. The van der Waals surface area contributed by atoms with Crippen molar-refractivity contribution in [3.05, 3.63) is 24.2 Å². The normalized spacial score (nSPS) is 12.2. The van der Waals surface area contributed by atoms with Gasteiger partial charge < -0.3 is 4.98 Å². The van der Waals surface area contributed by atoms with Gasteiger partial charge in [-0.25, -0.2) is 9.97 Å². The second-order valence-corrected chi connectivity index (χ2v) is 4.81. The number of nitrogens with zero attached hydrogens (tertiary/aromatic N) is 2. The molecule has 0 atom stereocenters. The van der Waals surface area contributed by atoms with Crippen molar-refractivity contribution in [3.63, 3.8) is 0 Å². The minimum atomic E-state index is 0.291. The number of aromatic amines is 1. The van der Waals surface area contributed by atoms with Crippen molar-refractivity contribution in [2.24, 2.45) is 5.41 Å². The lowest BCUT2D eigenvalue weighted by Gasteiger charge is -2.18. The molecule has 0 aliphatic rings. The van der Waals surface area contributed by atoms with Gasteiger partial charge in [-0.3, -0.25) is 0 Å². The van der Waals surface area contributed by atoms with Gasteiger partial charge in [0.2, 0.25) is 0 Å². The lowest BCUT2D eigenvalue weighted by Crippen LogP contribution is -2.09. The van der Waals surface area contributed by atoms with Crippen molar-refractivity contribution >= 4 is 11.2 Å². The zero-order valence-electron chi connectivity index (χ0n) is 8.83. The first-order chi connectivity index (χ1) is 6.56. The summed E-state index contributed by atoms with van der Waals surface area (Å²) in [4.78, 5) is 11.5. The van der Waals surface area contributed by atoms with Crippen LogP contribution in [0.2, 0.25) is 0 Å². The number of fused-ring (bicyclic) bond motifs is 1. The first kappa shape index (κ1) is 9.19. The minimum Gasteiger partial charge on any atom is -0.343 e. The van der Waals surface area contributed by atoms with Crippen molar-refractivity contribution in [2.75, 3.05) is 0 Å². The second-order valence-electron chi connectivity index (χ2n) is 4.81. The highest BCUT2D eigenvalue weighted by molar-refractivity contribution is 5.73. The fourth-order valence-electron chi connectivity index (χ4n) is 1.62. The highest BCUT2D eigenvalue weighted by Gasteiger charge is 2.14. The van der Waals surface area contributed by atoms with Crippen LogP contribution in [0.25, 0.3) is 11.2 Å². The molecule has 0 amide bonds. The fourth-order valence-corrected chi connectivity index (χ4v) is 1.62. The van der Waals surface area contributed by atoms with Gasteiger partial charge in [-0.2, -0.15) is 0 Å². The van der Waals surface area contributed by atoms with Crippen LogP contribution in [0.3, 0.4) is 0 Å². The highest BCUT2D eigenvalue weighted by Crippen LogP contribution is 2.23. The van der Waals surface area contributed by atoms with E-state index in [-0.39, 0.29) is 0 Å². The van der Waals surface area contributed by atoms with Crippen LogP contribution in [0.15, 0.2) is 18.6 Å². The summed E-state index contributed by atoms with van der Waals surface area (Å²) < 4.78 is 0. The third-order valence-electron chi connectivity index (χ3n) is 2.13. The lowest BCUT2D eigenvalue weighted by atomic mass is 9.88. The van der Waals surface area contributed by atoms with Gasteiger partial charge >= 0.3 is 0 Å². The molecule has 74 valence electrons. The standard InChI is InChI=1S/C11H15N3/c1-11(2,3)6-8-4-5-12-10-9(8)13-7-14-10/h4-5,7H,6H2,1-3H3,(H,12,13,14). The van der Waals surface area contributed by atoms with Crippen LogP contribution in [0.5, 0.6) is 0 Å². The molecule has 1 N–H and O–H groups in total. The number of nitrogens with one attached hydrogen (secondary N) is 1. The first-order valence-corrected chi connectivity index (χ1v) is 4.83.